The Morgan fingerprint density at radius 1 is 1.30 bits per heavy atom. The SMILES string of the molecule is CCCCC(NC(C)C(O)c1ccc(C)cc1)C(=O)O. The Morgan fingerprint density at radius 2 is 1.90 bits per heavy atom. The van der Waals surface area contributed by atoms with Crippen LogP contribution in [-0.4, -0.2) is 28.3 Å². The van der Waals surface area contributed by atoms with Crippen LogP contribution in [0.1, 0.15) is 50.3 Å². The van der Waals surface area contributed by atoms with Gasteiger partial charge in [-0.25, -0.2) is 0 Å². The third-order valence-electron chi connectivity index (χ3n) is 3.50. The summed E-state index contributed by atoms with van der Waals surface area (Å²) in [6.45, 7) is 5.83. The van der Waals surface area contributed by atoms with Crippen molar-refractivity contribution in [1.29, 1.82) is 0 Å². The van der Waals surface area contributed by atoms with Crippen LogP contribution in [0.2, 0.25) is 0 Å². The standard InChI is InChI=1S/C16H25NO3/c1-4-5-6-14(16(19)20)17-12(3)15(18)13-9-7-11(2)8-10-13/h7-10,12,14-15,17-18H,4-6H2,1-3H3,(H,19,20). The lowest BCUT2D eigenvalue weighted by atomic mass is 10.0. The second-order valence-corrected chi connectivity index (χ2v) is 5.34. The average Bonchev–Trinajstić information content (AvgIpc) is 2.42. The molecule has 0 aliphatic carbocycles. The summed E-state index contributed by atoms with van der Waals surface area (Å²) in [4.78, 5) is 11.2. The highest BCUT2D eigenvalue weighted by molar-refractivity contribution is 5.73. The van der Waals surface area contributed by atoms with Gasteiger partial charge in [-0.05, 0) is 25.8 Å². The molecule has 0 aliphatic heterocycles. The third kappa shape index (κ3) is 4.94. The fourth-order valence-electron chi connectivity index (χ4n) is 2.15. The van der Waals surface area contributed by atoms with Gasteiger partial charge in [0.2, 0.25) is 0 Å². The lowest BCUT2D eigenvalue weighted by molar-refractivity contribution is -0.140. The van der Waals surface area contributed by atoms with Crippen molar-refractivity contribution in [1.82, 2.24) is 5.32 Å². The van der Waals surface area contributed by atoms with Crippen molar-refractivity contribution in [2.24, 2.45) is 0 Å². The van der Waals surface area contributed by atoms with Gasteiger partial charge in [0.15, 0.2) is 0 Å². The maximum atomic E-state index is 11.2. The van der Waals surface area contributed by atoms with Crippen LogP contribution < -0.4 is 5.32 Å². The highest BCUT2D eigenvalue weighted by Crippen LogP contribution is 2.18. The molecule has 3 unspecified atom stereocenters. The molecule has 0 fully saturated rings. The minimum atomic E-state index is -0.860. The van der Waals surface area contributed by atoms with Gasteiger partial charge in [-0.2, -0.15) is 0 Å². The first kappa shape index (κ1) is 16.7. The number of carboxylic acid groups (broad SMARTS) is 1. The van der Waals surface area contributed by atoms with Crippen LogP contribution in [0, 0.1) is 6.92 Å². The Bertz CT molecular complexity index is 416. The highest BCUT2D eigenvalue weighted by Gasteiger charge is 2.23. The van der Waals surface area contributed by atoms with Crippen molar-refractivity contribution in [3.05, 3.63) is 35.4 Å². The topological polar surface area (TPSA) is 69.6 Å². The molecule has 3 atom stereocenters. The van der Waals surface area contributed by atoms with Crippen LogP contribution in [0.25, 0.3) is 0 Å². The Balaban J connectivity index is 2.65. The van der Waals surface area contributed by atoms with E-state index in [0.29, 0.717) is 6.42 Å². The fraction of sp³-hybridized carbons (Fsp3) is 0.562. The van der Waals surface area contributed by atoms with Gasteiger partial charge in [0.05, 0.1) is 6.10 Å². The van der Waals surface area contributed by atoms with Gasteiger partial charge in [0.1, 0.15) is 6.04 Å². The molecule has 0 saturated carbocycles. The summed E-state index contributed by atoms with van der Waals surface area (Å²) >= 11 is 0. The largest absolute Gasteiger partial charge is 0.480 e. The molecule has 1 aromatic carbocycles. The summed E-state index contributed by atoms with van der Waals surface area (Å²) in [5.41, 5.74) is 1.93. The molecule has 0 heterocycles. The van der Waals surface area contributed by atoms with Gasteiger partial charge in [0.25, 0.3) is 0 Å². The predicted octanol–water partition coefficient (Wildman–Crippen LogP) is 2.65. The summed E-state index contributed by atoms with van der Waals surface area (Å²) in [7, 11) is 0. The van der Waals surface area contributed by atoms with E-state index >= 15 is 0 Å². The molecule has 0 spiro atoms. The second kappa shape index (κ2) is 8.02. The predicted molar refractivity (Wildman–Crippen MR) is 79.7 cm³/mol. The number of nitrogens with one attached hydrogen (secondary N) is 1. The first-order chi connectivity index (χ1) is 9.45. The minimum absolute atomic E-state index is 0.310. The molecule has 4 nitrogen and oxygen atoms in total. The molecule has 0 aromatic heterocycles. The molecule has 0 amide bonds. The Kier molecular flexibility index (Phi) is 6.68. The number of aliphatic carboxylic acids is 1. The van der Waals surface area contributed by atoms with E-state index in [9.17, 15) is 15.0 Å². The van der Waals surface area contributed by atoms with E-state index in [2.05, 4.69) is 5.32 Å². The Labute approximate surface area is 120 Å². The zero-order chi connectivity index (χ0) is 15.1. The van der Waals surface area contributed by atoms with Crippen molar-refractivity contribution in [3.8, 4) is 0 Å². The lowest BCUT2D eigenvalue weighted by Gasteiger charge is -2.24. The molecule has 0 aliphatic rings. The van der Waals surface area contributed by atoms with E-state index < -0.39 is 18.1 Å². The number of aliphatic hydroxyl groups is 1. The number of carbonyl (C=O) groups is 1. The van der Waals surface area contributed by atoms with Gasteiger partial charge in [0, 0.05) is 6.04 Å². The lowest BCUT2D eigenvalue weighted by Crippen LogP contribution is -2.44. The molecule has 0 radical (unpaired) electrons. The molecule has 0 bridgehead atoms. The van der Waals surface area contributed by atoms with E-state index in [0.717, 1.165) is 24.0 Å². The number of hydrogen-bond donors (Lipinski definition) is 3. The Hall–Kier alpha value is -1.39. The van der Waals surface area contributed by atoms with Crippen molar-refractivity contribution >= 4 is 5.97 Å². The maximum Gasteiger partial charge on any atom is 0.320 e. The Morgan fingerprint density at radius 3 is 2.40 bits per heavy atom. The van der Waals surface area contributed by atoms with Crippen LogP contribution in [0.5, 0.6) is 0 Å². The van der Waals surface area contributed by atoms with E-state index in [1.54, 1.807) is 0 Å². The van der Waals surface area contributed by atoms with Gasteiger partial charge in [-0.3, -0.25) is 10.1 Å². The first-order valence-electron chi connectivity index (χ1n) is 7.19. The quantitative estimate of drug-likeness (QED) is 0.684. The number of aliphatic hydroxyl groups excluding tert-OH is 1. The summed E-state index contributed by atoms with van der Waals surface area (Å²) in [5, 5.41) is 22.5. The molecule has 0 saturated heterocycles. The van der Waals surface area contributed by atoms with E-state index in [1.807, 2.05) is 45.0 Å². The van der Waals surface area contributed by atoms with Gasteiger partial charge in [-0.15, -0.1) is 0 Å². The number of aryl methyl sites for hydroxylation is 1. The number of hydrogen-bond acceptors (Lipinski definition) is 3. The molecular formula is C16H25NO3. The summed E-state index contributed by atoms with van der Waals surface area (Å²) in [5.74, 6) is -0.860. The van der Waals surface area contributed by atoms with Gasteiger partial charge in [-0.1, -0.05) is 49.6 Å². The third-order valence-corrected chi connectivity index (χ3v) is 3.50. The number of carboxylic acids is 1. The molecular weight excluding hydrogens is 254 g/mol. The van der Waals surface area contributed by atoms with E-state index in [-0.39, 0.29) is 6.04 Å². The summed E-state index contributed by atoms with van der Waals surface area (Å²) in [6.07, 6.45) is 1.69. The number of unbranched alkanes of at least 4 members (excludes halogenated alkanes) is 1. The molecule has 112 valence electrons. The van der Waals surface area contributed by atoms with Crippen molar-refractivity contribution < 1.29 is 15.0 Å². The molecule has 1 aromatic rings. The van der Waals surface area contributed by atoms with Crippen LogP contribution in [0.4, 0.5) is 0 Å². The molecule has 3 N–H and O–H groups in total. The number of benzene rings is 1. The fourth-order valence-corrected chi connectivity index (χ4v) is 2.15. The summed E-state index contributed by atoms with van der Waals surface area (Å²) < 4.78 is 0. The molecule has 20 heavy (non-hydrogen) atoms. The minimum Gasteiger partial charge on any atom is -0.480 e. The van der Waals surface area contributed by atoms with Crippen LogP contribution >= 0.6 is 0 Å². The maximum absolute atomic E-state index is 11.2. The van der Waals surface area contributed by atoms with E-state index in [4.69, 9.17) is 0 Å². The van der Waals surface area contributed by atoms with E-state index in [1.165, 1.54) is 0 Å². The normalized spacial score (nSPS) is 15.6. The highest BCUT2D eigenvalue weighted by atomic mass is 16.4. The van der Waals surface area contributed by atoms with Crippen LogP contribution in [0.15, 0.2) is 24.3 Å². The number of rotatable bonds is 8. The summed E-state index contributed by atoms with van der Waals surface area (Å²) in [6, 6.07) is 6.72. The van der Waals surface area contributed by atoms with Gasteiger partial charge < -0.3 is 10.2 Å². The zero-order valence-corrected chi connectivity index (χ0v) is 12.5. The second-order valence-electron chi connectivity index (χ2n) is 5.34. The van der Waals surface area contributed by atoms with Crippen LogP contribution in [0.3, 0.4) is 0 Å². The van der Waals surface area contributed by atoms with Crippen LogP contribution in [-0.2, 0) is 4.79 Å². The first-order valence-corrected chi connectivity index (χ1v) is 7.19. The van der Waals surface area contributed by atoms with Crippen molar-refractivity contribution in [3.63, 3.8) is 0 Å². The molecule has 4 heteroatoms. The average molecular weight is 279 g/mol. The van der Waals surface area contributed by atoms with Crippen molar-refractivity contribution in [2.75, 3.05) is 0 Å². The van der Waals surface area contributed by atoms with Gasteiger partial charge >= 0.3 is 5.97 Å². The smallest absolute Gasteiger partial charge is 0.320 e. The zero-order valence-electron chi connectivity index (χ0n) is 12.5. The monoisotopic (exact) mass is 279 g/mol. The molecule has 1 rings (SSSR count). The van der Waals surface area contributed by atoms with Crippen molar-refractivity contribution in [2.45, 2.75) is 58.2 Å².